The molecule has 0 amide bonds. The molecule has 6 nitrogen and oxygen atoms in total. The fraction of sp³-hybridized carbons (Fsp3) is 0.240. The van der Waals surface area contributed by atoms with E-state index in [1.807, 2.05) is 49.4 Å². The van der Waals surface area contributed by atoms with Crippen molar-refractivity contribution in [2.75, 3.05) is 19.5 Å². The Balaban J connectivity index is 2.17. The van der Waals surface area contributed by atoms with Crippen molar-refractivity contribution in [3.05, 3.63) is 76.2 Å². The Morgan fingerprint density at radius 3 is 2.58 bits per heavy atom. The van der Waals surface area contributed by atoms with E-state index in [0.717, 1.165) is 22.1 Å². The van der Waals surface area contributed by atoms with Gasteiger partial charge in [-0.1, -0.05) is 44.2 Å². The van der Waals surface area contributed by atoms with Gasteiger partial charge >= 0.3 is 0 Å². The van der Waals surface area contributed by atoms with Crippen molar-refractivity contribution in [2.24, 2.45) is 0 Å². The summed E-state index contributed by atoms with van der Waals surface area (Å²) in [6, 6.07) is 15.5. The third-order valence-electron chi connectivity index (χ3n) is 5.49. The van der Waals surface area contributed by atoms with Crippen LogP contribution in [-0.4, -0.2) is 28.7 Å². The zero-order valence-corrected chi connectivity index (χ0v) is 18.4. The van der Waals surface area contributed by atoms with Crippen molar-refractivity contribution in [1.82, 2.24) is 14.5 Å². The van der Waals surface area contributed by atoms with E-state index in [1.165, 1.54) is 0 Å². The number of pyridine rings is 1. The fourth-order valence-corrected chi connectivity index (χ4v) is 3.97. The van der Waals surface area contributed by atoms with Crippen LogP contribution in [0, 0.1) is 6.92 Å². The van der Waals surface area contributed by atoms with Crippen LogP contribution in [0.1, 0.15) is 30.9 Å². The van der Waals surface area contributed by atoms with Gasteiger partial charge in [-0.2, -0.15) is 4.98 Å². The molecule has 0 unspecified atom stereocenters. The lowest BCUT2D eigenvalue weighted by Crippen LogP contribution is -2.23. The predicted molar refractivity (Wildman–Crippen MR) is 125 cm³/mol. The van der Waals surface area contributed by atoms with Crippen molar-refractivity contribution in [2.45, 2.75) is 26.7 Å². The minimum Gasteiger partial charge on any atom is -0.495 e. The smallest absolute Gasteiger partial charge is 0.264 e. The van der Waals surface area contributed by atoms with Crippen molar-refractivity contribution >= 4 is 17.0 Å². The molecule has 2 aromatic carbocycles. The van der Waals surface area contributed by atoms with Gasteiger partial charge < -0.3 is 10.1 Å². The van der Waals surface area contributed by atoms with E-state index in [1.54, 1.807) is 24.9 Å². The molecule has 2 aromatic heterocycles. The number of aromatic nitrogens is 3. The van der Waals surface area contributed by atoms with E-state index in [4.69, 9.17) is 4.74 Å². The van der Waals surface area contributed by atoms with Crippen LogP contribution in [0.2, 0.25) is 0 Å². The summed E-state index contributed by atoms with van der Waals surface area (Å²) in [5.74, 6) is 1.32. The molecule has 0 radical (unpaired) electrons. The number of rotatable bonds is 5. The molecule has 0 fully saturated rings. The second-order valence-corrected chi connectivity index (χ2v) is 7.79. The molecular weight excluding hydrogens is 388 g/mol. The molecule has 4 rings (SSSR count). The molecule has 31 heavy (non-hydrogen) atoms. The highest BCUT2D eigenvalue weighted by molar-refractivity contribution is 5.85. The van der Waals surface area contributed by atoms with Gasteiger partial charge in [0.2, 0.25) is 5.95 Å². The standard InChI is InChI=1S/C25H26N4O2/c1-15(2)18-10-8-9-16(3)22(18)19-13-17-14-27-25(26-4)28-23(17)29(24(19)30)20-11-6-7-12-21(20)31-5/h6-15H,1-5H3,(H,26,27,28). The highest BCUT2D eigenvalue weighted by atomic mass is 16.5. The Bertz CT molecular complexity index is 1330. The topological polar surface area (TPSA) is 69.0 Å². The van der Waals surface area contributed by atoms with E-state index in [-0.39, 0.29) is 11.5 Å². The molecular formula is C25H26N4O2. The maximum absolute atomic E-state index is 14.0. The van der Waals surface area contributed by atoms with Crippen molar-refractivity contribution in [3.8, 4) is 22.6 Å². The van der Waals surface area contributed by atoms with Crippen molar-refractivity contribution < 1.29 is 4.74 Å². The van der Waals surface area contributed by atoms with Gasteiger partial charge in [-0.3, -0.25) is 9.36 Å². The summed E-state index contributed by atoms with van der Waals surface area (Å²) in [4.78, 5) is 23.0. The predicted octanol–water partition coefficient (Wildman–Crippen LogP) is 4.93. The number of hydrogen-bond acceptors (Lipinski definition) is 5. The van der Waals surface area contributed by atoms with Crippen molar-refractivity contribution in [1.29, 1.82) is 0 Å². The van der Waals surface area contributed by atoms with Crippen LogP contribution in [0.5, 0.6) is 5.75 Å². The van der Waals surface area contributed by atoms with Crippen LogP contribution in [0.4, 0.5) is 5.95 Å². The number of fused-ring (bicyclic) bond motifs is 1. The number of hydrogen-bond donors (Lipinski definition) is 1. The monoisotopic (exact) mass is 414 g/mol. The minimum atomic E-state index is -0.144. The molecule has 0 aliphatic carbocycles. The van der Waals surface area contributed by atoms with Gasteiger partial charge in [-0.15, -0.1) is 0 Å². The lowest BCUT2D eigenvalue weighted by atomic mass is 9.89. The van der Waals surface area contributed by atoms with E-state index >= 15 is 0 Å². The number of benzene rings is 2. The quantitative estimate of drug-likeness (QED) is 0.501. The Morgan fingerprint density at radius 1 is 1.10 bits per heavy atom. The molecule has 1 N–H and O–H groups in total. The summed E-state index contributed by atoms with van der Waals surface area (Å²) in [7, 11) is 3.35. The third kappa shape index (κ3) is 3.54. The molecule has 0 bridgehead atoms. The Kier molecular flexibility index (Phi) is 5.46. The van der Waals surface area contributed by atoms with Gasteiger partial charge in [0, 0.05) is 24.2 Å². The van der Waals surface area contributed by atoms with Crippen LogP contribution in [0.15, 0.2) is 59.5 Å². The highest BCUT2D eigenvalue weighted by Crippen LogP contribution is 2.33. The highest BCUT2D eigenvalue weighted by Gasteiger charge is 2.20. The van der Waals surface area contributed by atoms with Gasteiger partial charge in [0.1, 0.15) is 5.75 Å². The van der Waals surface area contributed by atoms with Crippen LogP contribution >= 0.6 is 0 Å². The minimum absolute atomic E-state index is 0.144. The van der Waals surface area contributed by atoms with E-state index in [2.05, 4.69) is 35.2 Å². The average Bonchev–Trinajstić information content (AvgIpc) is 2.78. The molecule has 0 spiro atoms. The summed E-state index contributed by atoms with van der Waals surface area (Å²) in [6.45, 7) is 6.32. The van der Waals surface area contributed by atoms with Gasteiger partial charge in [0.25, 0.3) is 5.56 Å². The molecule has 0 saturated heterocycles. The molecule has 2 heterocycles. The van der Waals surface area contributed by atoms with Gasteiger partial charge in [-0.05, 0) is 47.7 Å². The second-order valence-electron chi connectivity index (χ2n) is 7.79. The first-order valence-electron chi connectivity index (χ1n) is 10.3. The Hall–Kier alpha value is -3.67. The molecule has 0 aliphatic heterocycles. The van der Waals surface area contributed by atoms with Gasteiger partial charge in [0.05, 0.1) is 12.8 Å². The number of anilines is 1. The number of methoxy groups -OCH3 is 1. The fourth-order valence-electron chi connectivity index (χ4n) is 3.97. The number of aryl methyl sites for hydroxylation is 1. The third-order valence-corrected chi connectivity index (χ3v) is 5.49. The molecule has 0 aliphatic rings. The molecule has 0 saturated carbocycles. The Morgan fingerprint density at radius 2 is 1.87 bits per heavy atom. The lowest BCUT2D eigenvalue weighted by molar-refractivity contribution is 0.413. The maximum Gasteiger partial charge on any atom is 0.264 e. The number of nitrogens with one attached hydrogen (secondary N) is 1. The van der Waals surface area contributed by atoms with E-state index < -0.39 is 0 Å². The SMILES string of the molecule is CNc1ncc2cc(-c3c(C)cccc3C(C)C)c(=O)n(-c3ccccc3OC)c2n1. The molecule has 158 valence electrons. The summed E-state index contributed by atoms with van der Waals surface area (Å²) in [5.41, 5.74) is 4.80. The summed E-state index contributed by atoms with van der Waals surface area (Å²) >= 11 is 0. The number of para-hydroxylation sites is 2. The summed E-state index contributed by atoms with van der Waals surface area (Å²) in [5, 5.41) is 3.73. The second kappa shape index (κ2) is 8.22. The first-order valence-corrected chi connectivity index (χ1v) is 10.3. The van der Waals surface area contributed by atoms with Crippen LogP contribution in [0.25, 0.3) is 27.8 Å². The van der Waals surface area contributed by atoms with E-state index in [9.17, 15) is 4.79 Å². The van der Waals surface area contributed by atoms with Crippen LogP contribution < -0.4 is 15.6 Å². The lowest BCUT2D eigenvalue weighted by Gasteiger charge is -2.19. The summed E-state index contributed by atoms with van der Waals surface area (Å²) in [6.07, 6.45) is 1.75. The largest absolute Gasteiger partial charge is 0.495 e. The van der Waals surface area contributed by atoms with Gasteiger partial charge in [-0.25, -0.2) is 4.98 Å². The normalized spacial score (nSPS) is 11.2. The first-order chi connectivity index (χ1) is 15.0. The number of nitrogens with zero attached hydrogens (tertiary/aromatic N) is 3. The first kappa shape index (κ1) is 20.6. The van der Waals surface area contributed by atoms with Crippen LogP contribution in [0.3, 0.4) is 0 Å². The Labute approximate surface area is 181 Å². The zero-order valence-electron chi connectivity index (χ0n) is 18.4. The zero-order chi connectivity index (χ0) is 22.1. The molecule has 0 atom stereocenters. The average molecular weight is 415 g/mol. The van der Waals surface area contributed by atoms with Crippen LogP contribution in [-0.2, 0) is 0 Å². The molecule has 4 aromatic rings. The van der Waals surface area contributed by atoms with Crippen molar-refractivity contribution in [3.63, 3.8) is 0 Å². The summed E-state index contributed by atoms with van der Waals surface area (Å²) < 4.78 is 7.20. The maximum atomic E-state index is 14.0. The van der Waals surface area contributed by atoms with E-state index in [0.29, 0.717) is 28.6 Å². The molecule has 6 heteroatoms. The number of ether oxygens (including phenoxy) is 1. The van der Waals surface area contributed by atoms with Gasteiger partial charge in [0.15, 0.2) is 5.65 Å².